The summed E-state index contributed by atoms with van der Waals surface area (Å²) in [6.45, 7) is 1.78. The Balaban J connectivity index is 2.22. The van der Waals surface area contributed by atoms with E-state index in [1.54, 1.807) is 18.5 Å². The fourth-order valence-corrected chi connectivity index (χ4v) is 2.34. The second-order valence-corrected chi connectivity index (χ2v) is 4.99. The van der Waals surface area contributed by atoms with Gasteiger partial charge in [0.2, 0.25) is 0 Å². The van der Waals surface area contributed by atoms with Crippen LogP contribution in [-0.2, 0) is 0 Å². The number of nitrogens with zero attached hydrogens (tertiary/aromatic N) is 2. The molecular formula is C12H12N4O3S. The van der Waals surface area contributed by atoms with E-state index in [0.717, 1.165) is 5.01 Å². The number of thiazole rings is 1. The molecular weight excluding hydrogens is 280 g/mol. The Kier molecular flexibility index (Phi) is 3.94. The van der Waals surface area contributed by atoms with Crippen molar-refractivity contribution >= 4 is 28.6 Å². The zero-order valence-electron chi connectivity index (χ0n) is 10.6. The largest absolute Gasteiger partial charge is 0.393 e. The fraction of sp³-hybridized carbons (Fsp3) is 0.167. The predicted molar refractivity (Wildman–Crippen MR) is 75.5 cm³/mol. The number of nitrogens with two attached hydrogens (primary N) is 1. The lowest BCUT2D eigenvalue weighted by molar-refractivity contribution is -0.383. The molecule has 1 aromatic heterocycles. The van der Waals surface area contributed by atoms with E-state index in [2.05, 4.69) is 10.3 Å². The Morgan fingerprint density at radius 3 is 2.90 bits per heavy atom. The van der Waals surface area contributed by atoms with E-state index < -0.39 is 10.8 Å². The molecule has 1 atom stereocenters. The SMILES string of the molecule is CC(NC(=O)c1cccc([N+](=O)[O-])c1N)c1nccs1. The highest BCUT2D eigenvalue weighted by atomic mass is 32.1. The van der Waals surface area contributed by atoms with Gasteiger partial charge in [0, 0.05) is 17.6 Å². The Morgan fingerprint density at radius 2 is 2.30 bits per heavy atom. The van der Waals surface area contributed by atoms with Crippen molar-refractivity contribution in [1.29, 1.82) is 0 Å². The summed E-state index contributed by atoms with van der Waals surface area (Å²) in [5.41, 5.74) is 5.33. The molecule has 0 spiro atoms. The molecule has 0 aliphatic heterocycles. The number of aromatic nitrogens is 1. The molecule has 0 aliphatic carbocycles. The predicted octanol–water partition coefficient (Wildman–Crippen LogP) is 2.12. The van der Waals surface area contributed by atoms with Crippen LogP contribution >= 0.6 is 11.3 Å². The molecule has 0 aliphatic rings. The number of carbonyl (C=O) groups excluding carboxylic acids is 1. The van der Waals surface area contributed by atoms with Crippen molar-refractivity contribution < 1.29 is 9.72 Å². The van der Waals surface area contributed by atoms with Crippen molar-refractivity contribution in [1.82, 2.24) is 10.3 Å². The summed E-state index contributed by atoms with van der Waals surface area (Å²) in [6.07, 6.45) is 1.64. The van der Waals surface area contributed by atoms with Gasteiger partial charge >= 0.3 is 0 Å². The molecule has 1 aromatic carbocycles. The van der Waals surface area contributed by atoms with Crippen molar-refractivity contribution in [3.05, 3.63) is 50.5 Å². The highest BCUT2D eigenvalue weighted by molar-refractivity contribution is 7.09. The first-order chi connectivity index (χ1) is 9.50. The Bertz CT molecular complexity index is 642. The summed E-state index contributed by atoms with van der Waals surface area (Å²) >= 11 is 1.42. The minimum atomic E-state index is -0.615. The molecule has 1 heterocycles. The number of para-hydroxylation sites is 1. The van der Waals surface area contributed by atoms with Gasteiger partial charge in [-0.15, -0.1) is 11.3 Å². The molecule has 0 radical (unpaired) electrons. The number of nitrogens with one attached hydrogen (secondary N) is 1. The number of benzene rings is 1. The first kappa shape index (κ1) is 13.9. The van der Waals surface area contributed by atoms with Gasteiger partial charge in [0.25, 0.3) is 11.6 Å². The van der Waals surface area contributed by atoms with E-state index in [0.29, 0.717) is 0 Å². The molecule has 0 fully saturated rings. The molecule has 0 bridgehead atoms. The van der Waals surface area contributed by atoms with E-state index in [-0.39, 0.29) is 23.0 Å². The van der Waals surface area contributed by atoms with Gasteiger partial charge in [-0.25, -0.2) is 4.98 Å². The fourth-order valence-electron chi connectivity index (χ4n) is 1.69. The number of nitrogen functional groups attached to an aromatic ring is 1. The van der Waals surface area contributed by atoms with Gasteiger partial charge in [-0.05, 0) is 13.0 Å². The third-order valence-electron chi connectivity index (χ3n) is 2.69. The van der Waals surface area contributed by atoms with Crippen LogP contribution in [0.1, 0.15) is 28.3 Å². The number of rotatable bonds is 4. The molecule has 104 valence electrons. The second-order valence-electron chi connectivity index (χ2n) is 4.06. The van der Waals surface area contributed by atoms with Crippen LogP contribution in [0.4, 0.5) is 11.4 Å². The molecule has 2 rings (SSSR count). The van der Waals surface area contributed by atoms with Crippen molar-refractivity contribution in [3.63, 3.8) is 0 Å². The van der Waals surface area contributed by atoms with Gasteiger partial charge in [0.1, 0.15) is 10.7 Å². The van der Waals surface area contributed by atoms with E-state index in [4.69, 9.17) is 5.73 Å². The summed E-state index contributed by atoms with van der Waals surface area (Å²) in [4.78, 5) is 26.4. The minimum Gasteiger partial charge on any atom is -0.393 e. The van der Waals surface area contributed by atoms with Gasteiger partial charge in [-0.2, -0.15) is 0 Å². The first-order valence-corrected chi connectivity index (χ1v) is 6.61. The third kappa shape index (κ3) is 2.75. The number of hydrogen-bond acceptors (Lipinski definition) is 6. The van der Waals surface area contributed by atoms with Crippen LogP contribution in [0.3, 0.4) is 0 Å². The van der Waals surface area contributed by atoms with Crippen LogP contribution in [0.25, 0.3) is 0 Å². The van der Waals surface area contributed by atoms with Crippen LogP contribution < -0.4 is 11.1 Å². The summed E-state index contributed by atoms with van der Waals surface area (Å²) in [5.74, 6) is -0.464. The standard InChI is InChI=1S/C12H12N4O3S/c1-7(12-14-5-6-20-12)15-11(17)8-3-2-4-9(10(8)13)16(18)19/h2-7H,13H2,1H3,(H,15,17). The van der Waals surface area contributed by atoms with E-state index in [1.165, 1.54) is 29.5 Å². The molecule has 8 heteroatoms. The average Bonchev–Trinajstić information content (AvgIpc) is 2.92. The van der Waals surface area contributed by atoms with Crippen LogP contribution in [0.15, 0.2) is 29.8 Å². The monoisotopic (exact) mass is 292 g/mol. The van der Waals surface area contributed by atoms with Crippen molar-refractivity contribution in [2.75, 3.05) is 5.73 Å². The van der Waals surface area contributed by atoms with Gasteiger partial charge < -0.3 is 11.1 Å². The molecule has 1 amide bonds. The van der Waals surface area contributed by atoms with E-state index in [1.807, 2.05) is 0 Å². The van der Waals surface area contributed by atoms with Gasteiger partial charge in [-0.3, -0.25) is 14.9 Å². The molecule has 3 N–H and O–H groups in total. The number of nitro groups is 1. The molecule has 2 aromatic rings. The molecule has 0 saturated heterocycles. The second kappa shape index (κ2) is 5.66. The normalized spacial score (nSPS) is 11.8. The summed E-state index contributed by atoms with van der Waals surface area (Å²) in [5, 5.41) is 16.1. The summed E-state index contributed by atoms with van der Waals surface area (Å²) in [6, 6.07) is 3.85. The molecule has 0 saturated carbocycles. The highest BCUT2D eigenvalue weighted by Crippen LogP contribution is 2.25. The third-order valence-corrected chi connectivity index (χ3v) is 3.65. The number of anilines is 1. The number of nitro benzene ring substituents is 1. The minimum absolute atomic E-state index is 0.0857. The maximum Gasteiger partial charge on any atom is 0.292 e. The Hall–Kier alpha value is -2.48. The van der Waals surface area contributed by atoms with E-state index in [9.17, 15) is 14.9 Å². The molecule has 20 heavy (non-hydrogen) atoms. The lowest BCUT2D eigenvalue weighted by atomic mass is 10.1. The average molecular weight is 292 g/mol. The van der Waals surface area contributed by atoms with E-state index >= 15 is 0 Å². The zero-order chi connectivity index (χ0) is 14.7. The highest BCUT2D eigenvalue weighted by Gasteiger charge is 2.20. The van der Waals surface area contributed by atoms with Crippen molar-refractivity contribution in [2.45, 2.75) is 13.0 Å². The lowest BCUT2D eigenvalue weighted by Gasteiger charge is -2.12. The zero-order valence-corrected chi connectivity index (χ0v) is 11.4. The van der Waals surface area contributed by atoms with Crippen LogP contribution in [-0.4, -0.2) is 15.8 Å². The number of amides is 1. The summed E-state index contributed by atoms with van der Waals surface area (Å²) in [7, 11) is 0. The smallest absolute Gasteiger partial charge is 0.292 e. The first-order valence-electron chi connectivity index (χ1n) is 5.74. The number of hydrogen-bond donors (Lipinski definition) is 2. The van der Waals surface area contributed by atoms with Gasteiger partial charge in [0.15, 0.2) is 0 Å². The Labute approximate surface area is 118 Å². The quantitative estimate of drug-likeness (QED) is 0.509. The molecule has 7 nitrogen and oxygen atoms in total. The maximum absolute atomic E-state index is 12.1. The van der Waals surface area contributed by atoms with Gasteiger partial charge in [-0.1, -0.05) is 6.07 Å². The molecule has 1 unspecified atom stereocenters. The Morgan fingerprint density at radius 1 is 1.55 bits per heavy atom. The topological polar surface area (TPSA) is 111 Å². The lowest BCUT2D eigenvalue weighted by Crippen LogP contribution is -2.27. The maximum atomic E-state index is 12.1. The van der Waals surface area contributed by atoms with Crippen LogP contribution in [0.2, 0.25) is 0 Å². The van der Waals surface area contributed by atoms with Crippen LogP contribution in [0.5, 0.6) is 0 Å². The number of carbonyl (C=O) groups is 1. The van der Waals surface area contributed by atoms with Crippen molar-refractivity contribution in [3.8, 4) is 0 Å². The van der Waals surface area contributed by atoms with Gasteiger partial charge in [0.05, 0.1) is 16.5 Å². The van der Waals surface area contributed by atoms with Crippen LogP contribution in [0, 0.1) is 10.1 Å². The van der Waals surface area contributed by atoms with Crippen molar-refractivity contribution in [2.24, 2.45) is 0 Å². The summed E-state index contributed by atoms with van der Waals surface area (Å²) < 4.78 is 0.